The minimum atomic E-state index is 0.0138. The molecule has 4 nitrogen and oxygen atoms in total. The predicted molar refractivity (Wildman–Crippen MR) is 90.0 cm³/mol. The van der Waals surface area contributed by atoms with E-state index < -0.39 is 0 Å². The summed E-state index contributed by atoms with van der Waals surface area (Å²) in [6.45, 7) is 7.82. The zero-order valence-electron chi connectivity index (χ0n) is 14.3. The normalized spacial score (nSPS) is 14.5. The summed E-state index contributed by atoms with van der Waals surface area (Å²) in [6, 6.07) is 5.08. The van der Waals surface area contributed by atoms with Crippen LogP contribution in [0.4, 0.5) is 0 Å². The Bertz CT molecular complexity index is 557. The smallest absolute Gasteiger partial charge is 0.159 e. The van der Waals surface area contributed by atoms with Gasteiger partial charge < -0.3 is 0 Å². The van der Waals surface area contributed by atoms with E-state index in [4.69, 9.17) is 0 Å². The van der Waals surface area contributed by atoms with Crippen LogP contribution in [0.2, 0.25) is 0 Å². The fourth-order valence-electron chi connectivity index (χ4n) is 2.60. The molecule has 0 radical (unpaired) electrons. The van der Waals surface area contributed by atoms with Gasteiger partial charge in [0.2, 0.25) is 0 Å². The molecule has 0 amide bonds. The Morgan fingerprint density at radius 3 is 2.32 bits per heavy atom. The van der Waals surface area contributed by atoms with Gasteiger partial charge in [-0.3, -0.25) is 4.79 Å². The summed E-state index contributed by atoms with van der Waals surface area (Å²) in [5.74, 6) is 1.10. The monoisotopic (exact) mass is 304 g/mol. The Balaban J connectivity index is 0.000000211. The molecule has 22 heavy (non-hydrogen) atoms. The van der Waals surface area contributed by atoms with E-state index in [1.807, 2.05) is 13.8 Å². The van der Waals surface area contributed by atoms with Crippen LogP contribution < -0.4 is 0 Å². The van der Waals surface area contributed by atoms with Crippen LogP contribution >= 0.6 is 0 Å². The number of Topliss-reactive ketones (excluding diaryl/α,β-unsaturated/α-hetero) is 1. The minimum Gasteiger partial charge on any atom is -0.295 e. The summed E-state index contributed by atoms with van der Waals surface area (Å²) in [4.78, 5) is 10.9. The van der Waals surface area contributed by atoms with Gasteiger partial charge in [0.05, 0.1) is 0 Å². The molecule has 1 fully saturated rings. The maximum Gasteiger partial charge on any atom is 0.159 e. The van der Waals surface area contributed by atoms with Crippen LogP contribution in [0.15, 0.2) is 22.8 Å². The molecule has 3 rings (SSSR count). The highest BCUT2D eigenvalue weighted by atomic mass is 16.6. The van der Waals surface area contributed by atoms with Crippen LogP contribution in [0.1, 0.15) is 76.6 Å². The fourth-order valence-corrected chi connectivity index (χ4v) is 2.60. The largest absolute Gasteiger partial charge is 0.295 e. The second kappa shape index (κ2) is 10.1. The maximum absolute atomic E-state index is 10.9. The third kappa shape index (κ3) is 5.58. The third-order valence-corrected chi connectivity index (χ3v) is 3.96. The van der Waals surface area contributed by atoms with Gasteiger partial charge in [0.15, 0.2) is 5.78 Å². The van der Waals surface area contributed by atoms with Crippen LogP contribution in [0.25, 0.3) is 11.0 Å². The van der Waals surface area contributed by atoms with Crippen molar-refractivity contribution in [1.29, 1.82) is 0 Å². The Morgan fingerprint density at radius 1 is 1.14 bits per heavy atom. The lowest BCUT2D eigenvalue weighted by Gasteiger charge is -2.18. The van der Waals surface area contributed by atoms with Gasteiger partial charge in [0, 0.05) is 5.56 Å². The number of carbonyl (C=O) groups excluding carboxylic acids is 1. The first kappa shape index (κ1) is 18.3. The van der Waals surface area contributed by atoms with Crippen molar-refractivity contribution in [3.05, 3.63) is 23.8 Å². The zero-order valence-corrected chi connectivity index (χ0v) is 14.3. The molecule has 0 spiro atoms. The Kier molecular flexibility index (Phi) is 8.41. The van der Waals surface area contributed by atoms with Crippen molar-refractivity contribution in [2.45, 2.75) is 66.2 Å². The molecule has 1 aromatic carbocycles. The van der Waals surface area contributed by atoms with Gasteiger partial charge in [-0.1, -0.05) is 59.3 Å². The molecule has 1 aliphatic carbocycles. The van der Waals surface area contributed by atoms with Gasteiger partial charge in [0.1, 0.15) is 11.0 Å². The van der Waals surface area contributed by atoms with Gasteiger partial charge in [0.25, 0.3) is 0 Å². The summed E-state index contributed by atoms with van der Waals surface area (Å²) < 4.78 is 4.49. The second-order valence-electron chi connectivity index (χ2n) is 5.44. The fraction of sp³-hybridized carbons (Fsp3) is 0.611. The van der Waals surface area contributed by atoms with Gasteiger partial charge in [-0.25, -0.2) is 4.63 Å². The van der Waals surface area contributed by atoms with Crippen molar-refractivity contribution in [2.24, 2.45) is 5.92 Å². The number of nitrogens with zero attached hydrogens (tertiary/aromatic N) is 2. The highest BCUT2D eigenvalue weighted by Crippen LogP contribution is 2.25. The van der Waals surface area contributed by atoms with Crippen LogP contribution in [0, 0.1) is 5.92 Å². The van der Waals surface area contributed by atoms with E-state index in [0.29, 0.717) is 16.6 Å². The molecule has 0 saturated heterocycles. The van der Waals surface area contributed by atoms with E-state index in [1.165, 1.54) is 45.4 Å². The van der Waals surface area contributed by atoms with Crippen molar-refractivity contribution in [3.63, 3.8) is 0 Å². The summed E-state index contributed by atoms with van der Waals surface area (Å²) in [5, 5.41) is 7.25. The molecule has 1 saturated carbocycles. The lowest BCUT2D eigenvalue weighted by atomic mass is 9.88. The van der Waals surface area contributed by atoms with Crippen molar-refractivity contribution >= 4 is 16.8 Å². The predicted octanol–water partition coefficient (Wildman–Crippen LogP) is 5.43. The molecule has 2 aromatic rings. The highest BCUT2D eigenvalue weighted by molar-refractivity contribution is 5.96. The second-order valence-corrected chi connectivity index (χ2v) is 5.44. The first-order valence-corrected chi connectivity index (χ1v) is 8.44. The van der Waals surface area contributed by atoms with E-state index in [1.54, 1.807) is 18.2 Å². The van der Waals surface area contributed by atoms with Crippen LogP contribution in [-0.2, 0) is 0 Å². The van der Waals surface area contributed by atoms with E-state index >= 15 is 0 Å². The highest BCUT2D eigenvalue weighted by Gasteiger charge is 2.09. The number of hydrogen-bond acceptors (Lipinski definition) is 4. The molecule has 1 aliphatic rings. The molecular weight excluding hydrogens is 276 g/mol. The zero-order chi connectivity index (χ0) is 16.4. The van der Waals surface area contributed by atoms with Crippen molar-refractivity contribution in [2.75, 3.05) is 0 Å². The molecule has 1 heterocycles. The number of carbonyl (C=O) groups is 1. The molecular formula is C18H28N2O2. The Morgan fingerprint density at radius 2 is 1.77 bits per heavy atom. The number of fused-ring (bicyclic) bond motifs is 1. The molecule has 0 N–H and O–H groups in total. The van der Waals surface area contributed by atoms with Crippen molar-refractivity contribution in [1.82, 2.24) is 10.3 Å². The van der Waals surface area contributed by atoms with Crippen LogP contribution in [0.3, 0.4) is 0 Å². The summed E-state index contributed by atoms with van der Waals surface area (Å²) >= 11 is 0. The van der Waals surface area contributed by atoms with Gasteiger partial charge in [-0.15, -0.1) is 0 Å². The average molecular weight is 304 g/mol. The van der Waals surface area contributed by atoms with Gasteiger partial charge >= 0.3 is 0 Å². The first-order valence-electron chi connectivity index (χ1n) is 8.44. The Hall–Kier alpha value is -1.71. The molecule has 0 aliphatic heterocycles. The first-order chi connectivity index (χ1) is 10.7. The number of benzene rings is 1. The molecule has 0 atom stereocenters. The summed E-state index contributed by atoms with van der Waals surface area (Å²) in [7, 11) is 0. The average Bonchev–Trinajstić information content (AvgIpc) is 3.05. The van der Waals surface area contributed by atoms with Crippen LogP contribution in [-0.4, -0.2) is 16.1 Å². The third-order valence-electron chi connectivity index (χ3n) is 3.96. The number of hydrogen-bond donors (Lipinski definition) is 0. The van der Waals surface area contributed by atoms with Crippen LogP contribution in [0.5, 0.6) is 0 Å². The summed E-state index contributed by atoms with van der Waals surface area (Å²) in [5.41, 5.74) is 1.90. The molecule has 4 heteroatoms. The topological polar surface area (TPSA) is 56.0 Å². The quantitative estimate of drug-likeness (QED) is 0.694. The standard InChI is InChI=1S/C8H6N2O2.C8H16.C2H6/c1-5(11)6-2-3-7-8(4-6)10-12-9-7;1-2-8-6-4-3-5-7-8;1-2/h2-4H,1H3;8H,2-7H2,1H3;1-2H3. The Labute approximate surface area is 133 Å². The molecule has 122 valence electrons. The SMILES string of the molecule is CC.CC(=O)c1ccc2nonc2c1.CCC1CCCCC1. The van der Waals surface area contributed by atoms with Crippen molar-refractivity contribution in [3.8, 4) is 0 Å². The van der Waals surface area contributed by atoms with Crippen molar-refractivity contribution < 1.29 is 9.42 Å². The number of rotatable bonds is 2. The number of ketones is 1. The van der Waals surface area contributed by atoms with E-state index in [2.05, 4.69) is 21.9 Å². The molecule has 0 bridgehead atoms. The molecule has 0 unspecified atom stereocenters. The van der Waals surface area contributed by atoms with Gasteiger partial charge in [-0.2, -0.15) is 0 Å². The number of aromatic nitrogens is 2. The van der Waals surface area contributed by atoms with Gasteiger partial charge in [-0.05, 0) is 41.4 Å². The lowest BCUT2D eigenvalue weighted by Crippen LogP contribution is -2.03. The van der Waals surface area contributed by atoms with E-state index in [-0.39, 0.29) is 5.78 Å². The van der Waals surface area contributed by atoms with E-state index in [0.717, 1.165) is 5.92 Å². The maximum atomic E-state index is 10.9. The van der Waals surface area contributed by atoms with E-state index in [9.17, 15) is 4.79 Å². The lowest BCUT2D eigenvalue weighted by molar-refractivity contribution is 0.101. The minimum absolute atomic E-state index is 0.0138. The summed E-state index contributed by atoms with van der Waals surface area (Å²) in [6.07, 6.45) is 8.93. The molecule has 1 aromatic heterocycles.